The molecule has 0 aliphatic heterocycles. The molecule has 0 radical (unpaired) electrons. The number of aromatic nitrogens is 1. The van der Waals surface area contributed by atoms with E-state index >= 15 is 0 Å². The zero-order chi connectivity index (χ0) is 9.97. The molecular weight excluding hydrogens is 177 g/mol. The zero-order valence-corrected chi connectivity index (χ0v) is 7.87. The van der Waals surface area contributed by atoms with E-state index in [4.69, 9.17) is 0 Å². The smallest absolute Gasteiger partial charge is 0.137 e. The van der Waals surface area contributed by atoms with E-state index in [1.165, 1.54) is 6.20 Å². The van der Waals surface area contributed by atoms with E-state index in [-0.39, 0.29) is 5.82 Å². The molecule has 0 fully saturated rings. The Bertz CT molecular complexity index is 437. The predicted molar refractivity (Wildman–Crippen MR) is 54.4 cm³/mol. The number of aryl methyl sites for hydroxylation is 1. The molecule has 0 aliphatic carbocycles. The van der Waals surface area contributed by atoms with Crippen molar-refractivity contribution in [3.8, 4) is 11.1 Å². The van der Waals surface area contributed by atoms with Crippen molar-refractivity contribution in [3.05, 3.63) is 54.1 Å². The van der Waals surface area contributed by atoms with Gasteiger partial charge in [0.05, 0.1) is 0 Å². The van der Waals surface area contributed by atoms with E-state index in [0.717, 1.165) is 5.56 Å². The molecule has 70 valence electrons. The number of pyridine rings is 1. The molecule has 1 heterocycles. The standard InChI is InChI=1S/C12H10FN/c1-9-7-14-8-11(12(9)13)10-5-3-2-4-6-10/h2-8H,1H3. The molecule has 1 nitrogen and oxygen atoms in total. The summed E-state index contributed by atoms with van der Waals surface area (Å²) < 4.78 is 13.6. The van der Waals surface area contributed by atoms with Gasteiger partial charge in [0.2, 0.25) is 0 Å². The van der Waals surface area contributed by atoms with Crippen LogP contribution in [-0.4, -0.2) is 4.98 Å². The fraction of sp³-hybridized carbons (Fsp3) is 0.0833. The molecule has 2 rings (SSSR count). The monoisotopic (exact) mass is 187 g/mol. The number of nitrogens with zero attached hydrogens (tertiary/aromatic N) is 1. The van der Waals surface area contributed by atoms with Gasteiger partial charge >= 0.3 is 0 Å². The minimum Gasteiger partial charge on any atom is -0.264 e. The first-order valence-electron chi connectivity index (χ1n) is 4.44. The molecule has 14 heavy (non-hydrogen) atoms. The fourth-order valence-corrected chi connectivity index (χ4v) is 1.37. The molecule has 0 unspecified atom stereocenters. The molecule has 0 amide bonds. The quantitative estimate of drug-likeness (QED) is 0.668. The maximum Gasteiger partial charge on any atom is 0.137 e. The van der Waals surface area contributed by atoms with Crippen LogP contribution in [0.25, 0.3) is 11.1 Å². The summed E-state index contributed by atoms with van der Waals surface area (Å²) in [6, 6.07) is 9.43. The topological polar surface area (TPSA) is 12.9 Å². The van der Waals surface area contributed by atoms with Crippen molar-refractivity contribution in [2.75, 3.05) is 0 Å². The number of hydrogen-bond acceptors (Lipinski definition) is 1. The molecule has 0 aliphatic rings. The van der Waals surface area contributed by atoms with Crippen molar-refractivity contribution in [1.82, 2.24) is 4.98 Å². The van der Waals surface area contributed by atoms with Gasteiger partial charge in [0.1, 0.15) is 5.82 Å². The first-order valence-corrected chi connectivity index (χ1v) is 4.44. The van der Waals surface area contributed by atoms with Crippen molar-refractivity contribution >= 4 is 0 Å². The number of halogens is 1. The third kappa shape index (κ3) is 1.51. The third-order valence-electron chi connectivity index (χ3n) is 2.14. The van der Waals surface area contributed by atoms with E-state index in [0.29, 0.717) is 11.1 Å². The van der Waals surface area contributed by atoms with E-state index in [9.17, 15) is 4.39 Å². The van der Waals surface area contributed by atoms with Crippen LogP contribution in [-0.2, 0) is 0 Å². The van der Waals surface area contributed by atoms with Gasteiger partial charge in [-0.25, -0.2) is 4.39 Å². The Hall–Kier alpha value is -1.70. The number of benzene rings is 1. The van der Waals surface area contributed by atoms with Gasteiger partial charge in [-0.05, 0) is 12.5 Å². The van der Waals surface area contributed by atoms with Crippen LogP contribution in [0.5, 0.6) is 0 Å². The van der Waals surface area contributed by atoms with Crippen LogP contribution >= 0.6 is 0 Å². The lowest BCUT2D eigenvalue weighted by atomic mass is 10.1. The van der Waals surface area contributed by atoms with Gasteiger partial charge in [-0.3, -0.25) is 4.98 Å². The zero-order valence-electron chi connectivity index (χ0n) is 7.87. The summed E-state index contributed by atoms with van der Waals surface area (Å²) in [5.74, 6) is -0.189. The van der Waals surface area contributed by atoms with Crippen LogP contribution in [0.2, 0.25) is 0 Å². The van der Waals surface area contributed by atoms with Gasteiger partial charge in [-0.1, -0.05) is 30.3 Å². The van der Waals surface area contributed by atoms with Crippen LogP contribution in [0.4, 0.5) is 4.39 Å². The van der Waals surface area contributed by atoms with Crippen LogP contribution in [0.15, 0.2) is 42.7 Å². The summed E-state index contributed by atoms with van der Waals surface area (Å²) in [5, 5.41) is 0. The molecule has 0 saturated carbocycles. The van der Waals surface area contributed by atoms with Crippen molar-refractivity contribution in [2.45, 2.75) is 6.92 Å². The second-order valence-electron chi connectivity index (χ2n) is 3.18. The third-order valence-corrected chi connectivity index (χ3v) is 2.14. The Morgan fingerprint density at radius 3 is 2.50 bits per heavy atom. The van der Waals surface area contributed by atoms with Crippen molar-refractivity contribution in [2.24, 2.45) is 0 Å². The molecule has 2 heteroatoms. The van der Waals surface area contributed by atoms with Crippen molar-refractivity contribution < 1.29 is 4.39 Å². The summed E-state index contributed by atoms with van der Waals surface area (Å²) in [6.45, 7) is 1.72. The highest BCUT2D eigenvalue weighted by Crippen LogP contribution is 2.22. The minimum absolute atomic E-state index is 0.189. The molecule has 0 atom stereocenters. The SMILES string of the molecule is Cc1cncc(-c2ccccc2)c1F. The molecular formula is C12H10FN. The first-order chi connectivity index (χ1) is 6.79. The Kier molecular flexibility index (Phi) is 2.27. The average molecular weight is 187 g/mol. The number of rotatable bonds is 1. The molecule has 1 aromatic carbocycles. The lowest BCUT2D eigenvalue weighted by molar-refractivity contribution is 0.619. The van der Waals surface area contributed by atoms with E-state index in [1.807, 2.05) is 30.3 Å². The van der Waals surface area contributed by atoms with Gasteiger partial charge in [0, 0.05) is 23.5 Å². The average Bonchev–Trinajstić information content (AvgIpc) is 2.23. The highest BCUT2D eigenvalue weighted by atomic mass is 19.1. The molecule has 0 saturated heterocycles. The summed E-state index contributed by atoms with van der Waals surface area (Å²) in [7, 11) is 0. The van der Waals surface area contributed by atoms with Gasteiger partial charge in [0.15, 0.2) is 0 Å². The maximum atomic E-state index is 13.6. The van der Waals surface area contributed by atoms with E-state index in [1.54, 1.807) is 13.1 Å². The van der Waals surface area contributed by atoms with E-state index < -0.39 is 0 Å². The van der Waals surface area contributed by atoms with Crippen LogP contribution < -0.4 is 0 Å². The largest absolute Gasteiger partial charge is 0.264 e. The summed E-state index contributed by atoms with van der Waals surface area (Å²) >= 11 is 0. The Labute approximate surface area is 82.2 Å². The normalized spacial score (nSPS) is 10.1. The van der Waals surface area contributed by atoms with Crippen LogP contribution in [0.1, 0.15) is 5.56 Å². The lowest BCUT2D eigenvalue weighted by Crippen LogP contribution is -1.89. The fourth-order valence-electron chi connectivity index (χ4n) is 1.37. The van der Waals surface area contributed by atoms with Gasteiger partial charge < -0.3 is 0 Å². The summed E-state index contributed by atoms with van der Waals surface area (Å²) in [5.41, 5.74) is 2.00. The van der Waals surface area contributed by atoms with E-state index in [2.05, 4.69) is 4.98 Å². The second kappa shape index (κ2) is 3.58. The Balaban J connectivity index is 2.58. The summed E-state index contributed by atoms with van der Waals surface area (Å²) in [4.78, 5) is 3.98. The van der Waals surface area contributed by atoms with Gasteiger partial charge in [-0.15, -0.1) is 0 Å². The van der Waals surface area contributed by atoms with Crippen molar-refractivity contribution in [3.63, 3.8) is 0 Å². The molecule has 0 spiro atoms. The van der Waals surface area contributed by atoms with Crippen LogP contribution in [0.3, 0.4) is 0 Å². The molecule has 2 aromatic rings. The maximum absolute atomic E-state index is 13.6. The molecule has 1 aromatic heterocycles. The molecule has 0 N–H and O–H groups in total. The summed E-state index contributed by atoms with van der Waals surface area (Å²) in [6.07, 6.45) is 3.08. The predicted octanol–water partition coefficient (Wildman–Crippen LogP) is 3.20. The highest BCUT2D eigenvalue weighted by Gasteiger charge is 2.06. The Morgan fingerprint density at radius 2 is 1.79 bits per heavy atom. The molecule has 0 bridgehead atoms. The Morgan fingerprint density at radius 1 is 1.07 bits per heavy atom. The minimum atomic E-state index is -0.189. The highest BCUT2D eigenvalue weighted by molar-refractivity contribution is 5.63. The van der Waals surface area contributed by atoms with Crippen LogP contribution in [0, 0.1) is 12.7 Å². The van der Waals surface area contributed by atoms with Gasteiger partial charge in [0.25, 0.3) is 0 Å². The van der Waals surface area contributed by atoms with Gasteiger partial charge in [-0.2, -0.15) is 0 Å². The second-order valence-corrected chi connectivity index (χ2v) is 3.18. The lowest BCUT2D eigenvalue weighted by Gasteiger charge is -2.03. The first kappa shape index (κ1) is 8.88. The van der Waals surface area contributed by atoms with Crippen molar-refractivity contribution in [1.29, 1.82) is 0 Å². The number of hydrogen-bond donors (Lipinski definition) is 0.